The van der Waals surface area contributed by atoms with E-state index in [1.165, 1.54) is 28.6 Å². The number of nitrogens with one attached hydrogen (secondary N) is 1. The number of hydrogen-bond acceptors (Lipinski definition) is 8. The topological polar surface area (TPSA) is 119 Å². The first-order chi connectivity index (χ1) is 14.4. The first-order valence-corrected chi connectivity index (χ1v) is 11.4. The lowest BCUT2D eigenvalue weighted by Crippen LogP contribution is -2.27. The minimum atomic E-state index is -3.55. The largest absolute Gasteiger partial charge is 0.452 e. The molecule has 0 radical (unpaired) electrons. The zero-order valence-corrected chi connectivity index (χ0v) is 17.4. The molecule has 0 unspecified atom stereocenters. The Balaban J connectivity index is 1.36. The smallest absolute Gasteiger partial charge is 0.338 e. The number of amides is 1. The van der Waals surface area contributed by atoms with Crippen LogP contribution in [0, 0.1) is 0 Å². The summed E-state index contributed by atoms with van der Waals surface area (Å²) in [6.45, 7) is 0.526. The maximum Gasteiger partial charge on any atom is 0.338 e. The molecule has 0 aliphatic carbocycles. The molecular weight excluding hydrogens is 428 g/mol. The molecule has 4 rings (SSSR count). The molecule has 1 N–H and O–H groups in total. The number of fused-ring (bicyclic) bond motifs is 1. The number of benzene rings is 2. The average molecular weight is 447 g/mol. The maximum atomic E-state index is 12.5. The van der Waals surface area contributed by atoms with Crippen molar-refractivity contribution in [3.8, 4) is 0 Å². The molecule has 0 spiro atoms. The van der Waals surface area contributed by atoms with Gasteiger partial charge in [-0.15, -0.1) is 0 Å². The first-order valence-electron chi connectivity index (χ1n) is 9.23. The molecule has 1 amide bonds. The molecule has 0 atom stereocenters. The molecule has 0 bridgehead atoms. The molecule has 11 heteroatoms. The summed E-state index contributed by atoms with van der Waals surface area (Å²) in [4.78, 5) is 24.5. The van der Waals surface area contributed by atoms with Crippen LogP contribution >= 0.6 is 11.7 Å². The quantitative estimate of drug-likeness (QED) is 0.577. The normalized spacial score (nSPS) is 14.7. The van der Waals surface area contributed by atoms with Gasteiger partial charge in [-0.05, 0) is 49.2 Å². The summed E-state index contributed by atoms with van der Waals surface area (Å²) in [5.74, 6) is -1.24. The van der Waals surface area contributed by atoms with Crippen LogP contribution in [0.25, 0.3) is 11.0 Å². The second-order valence-corrected chi connectivity index (χ2v) is 9.16. The van der Waals surface area contributed by atoms with Crippen LogP contribution in [-0.4, -0.2) is 53.0 Å². The van der Waals surface area contributed by atoms with E-state index in [-0.39, 0.29) is 10.5 Å². The van der Waals surface area contributed by atoms with Gasteiger partial charge in [0.15, 0.2) is 6.61 Å². The lowest BCUT2D eigenvalue weighted by atomic mass is 10.2. The molecular formula is C19H18N4O5S2. The standard InChI is InChI=1S/C19H18N4O5S2/c24-17(20-15-4-3-5-16-18(15)22-29-21-16)12-28-19(25)13-6-8-14(9-7-13)30(26,27)23-10-1-2-11-23/h3-9H,1-2,10-12H2,(H,20,24). The monoisotopic (exact) mass is 446 g/mol. The van der Waals surface area contributed by atoms with Crippen LogP contribution < -0.4 is 5.32 Å². The van der Waals surface area contributed by atoms with E-state index in [1.54, 1.807) is 18.2 Å². The van der Waals surface area contributed by atoms with Gasteiger partial charge in [-0.1, -0.05) is 6.07 Å². The highest BCUT2D eigenvalue weighted by Crippen LogP contribution is 2.22. The van der Waals surface area contributed by atoms with Crippen molar-refractivity contribution < 1.29 is 22.7 Å². The first kappa shape index (κ1) is 20.4. The number of esters is 1. The molecule has 156 valence electrons. The number of sulfonamides is 1. The second kappa shape index (κ2) is 8.46. The Morgan fingerprint density at radius 1 is 1.07 bits per heavy atom. The van der Waals surface area contributed by atoms with Crippen LogP contribution in [0.4, 0.5) is 5.69 Å². The van der Waals surface area contributed by atoms with E-state index in [4.69, 9.17) is 4.74 Å². The van der Waals surface area contributed by atoms with Gasteiger partial charge in [0.1, 0.15) is 11.0 Å². The van der Waals surface area contributed by atoms with E-state index in [9.17, 15) is 18.0 Å². The van der Waals surface area contributed by atoms with Crippen molar-refractivity contribution in [2.45, 2.75) is 17.7 Å². The number of ether oxygens (including phenoxy) is 1. The zero-order chi connectivity index (χ0) is 21.1. The summed E-state index contributed by atoms with van der Waals surface area (Å²) in [5.41, 5.74) is 1.88. The van der Waals surface area contributed by atoms with Crippen molar-refractivity contribution in [2.75, 3.05) is 25.0 Å². The summed E-state index contributed by atoms with van der Waals surface area (Å²) in [5, 5.41) is 2.64. The zero-order valence-electron chi connectivity index (χ0n) is 15.8. The third-order valence-corrected chi connectivity index (χ3v) is 7.14. The van der Waals surface area contributed by atoms with Gasteiger partial charge in [-0.2, -0.15) is 13.1 Å². The van der Waals surface area contributed by atoms with Crippen LogP contribution in [0.2, 0.25) is 0 Å². The predicted octanol–water partition coefficient (Wildman–Crippen LogP) is 2.27. The van der Waals surface area contributed by atoms with Crippen molar-refractivity contribution in [1.82, 2.24) is 13.1 Å². The van der Waals surface area contributed by atoms with E-state index in [0.29, 0.717) is 29.8 Å². The Morgan fingerprint density at radius 2 is 1.80 bits per heavy atom. The summed E-state index contributed by atoms with van der Waals surface area (Å²) in [7, 11) is -3.55. The Bertz CT molecular complexity index is 1190. The van der Waals surface area contributed by atoms with E-state index in [0.717, 1.165) is 24.6 Å². The van der Waals surface area contributed by atoms with E-state index >= 15 is 0 Å². The third-order valence-electron chi connectivity index (χ3n) is 4.69. The lowest BCUT2D eigenvalue weighted by molar-refractivity contribution is -0.119. The minimum absolute atomic E-state index is 0.128. The van der Waals surface area contributed by atoms with Gasteiger partial charge in [0.2, 0.25) is 10.0 Å². The Hall–Kier alpha value is -2.89. The lowest BCUT2D eigenvalue weighted by Gasteiger charge is -2.15. The molecule has 9 nitrogen and oxygen atoms in total. The van der Waals surface area contributed by atoms with Crippen LogP contribution in [0.15, 0.2) is 47.4 Å². The highest BCUT2D eigenvalue weighted by Gasteiger charge is 2.27. The fraction of sp³-hybridized carbons (Fsp3) is 0.263. The molecule has 1 saturated heterocycles. The number of anilines is 1. The van der Waals surface area contributed by atoms with Gasteiger partial charge in [0.05, 0.1) is 27.9 Å². The van der Waals surface area contributed by atoms with Crippen molar-refractivity contribution in [3.05, 3.63) is 48.0 Å². The average Bonchev–Trinajstić information content (AvgIpc) is 3.45. The molecule has 0 saturated carbocycles. The molecule has 3 aromatic rings. The van der Waals surface area contributed by atoms with Crippen LogP contribution in [-0.2, 0) is 19.6 Å². The van der Waals surface area contributed by atoms with Gasteiger partial charge < -0.3 is 10.1 Å². The number of nitrogens with zero attached hydrogens (tertiary/aromatic N) is 3. The van der Waals surface area contributed by atoms with E-state index in [2.05, 4.69) is 14.1 Å². The molecule has 2 heterocycles. The number of carbonyl (C=O) groups is 2. The van der Waals surface area contributed by atoms with E-state index < -0.39 is 28.5 Å². The van der Waals surface area contributed by atoms with Gasteiger partial charge in [-0.3, -0.25) is 4.79 Å². The third kappa shape index (κ3) is 4.18. The van der Waals surface area contributed by atoms with Crippen molar-refractivity contribution in [3.63, 3.8) is 0 Å². The molecule has 1 fully saturated rings. The Kier molecular flexibility index (Phi) is 5.75. The molecule has 30 heavy (non-hydrogen) atoms. The molecule has 1 aliphatic rings. The summed E-state index contributed by atoms with van der Waals surface area (Å²) in [6.07, 6.45) is 1.69. The fourth-order valence-corrected chi connectivity index (χ4v) is 5.21. The molecule has 2 aromatic carbocycles. The summed E-state index contributed by atoms with van der Waals surface area (Å²) >= 11 is 1.04. The van der Waals surface area contributed by atoms with Gasteiger partial charge in [0, 0.05) is 13.1 Å². The van der Waals surface area contributed by atoms with Crippen LogP contribution in [0.5, 0.6) is 0 Å². The number of carbonyl (C=O) groups excluding carboxylic acids is 2. The Labute approximate surface area is 177 Å². The van der Waals surface area contributed by atoms with Gasteiger partial charge in [-0.25, -0.2) is 13.2 Å². The van der Waals surface area contributed by atoms with Crippen molar-refractivity contribution >= 4 is 50.3 Å². The second-order valence-electron chi connectivity index (χ2n) is 6.70. The van der Waals surface area contributed by atoms with Gasteiger partial charge >= 0.3 is 5.97 Å². The predicted molar refractivity (Wildman–Crippen MR) is 111 cm³/mol. The van der Waals surface area contributed by atoms with Crippen molar-refractivity contribution in [1.29, 1.82) is 0 Å². The highest BCUT2D eigenvalue weighted by molar-refractivity contribution is 7.89. The number of rotatable bonds is 6. The van der Waals surface area contributed by atoms with Crippen LogP contribution in [0.1, 0.15) is 23.2 Å². The maximum absolute atomic E-state index is 12.5. The SMILES string of the molecule is O=C(COC(=O)c1ccc(S(=O)(=O)N2CCCC2)cc1)Nc1cccc2nsnc12. The molecule has 1 aliphatic heterocycles. The highest BCUT2D eigenvalue weighted by atomic mass is 32.2. The summed E-state index contributed by atoms with van der Waals surface area (Å²) < 4.78 is 39.7. The molecule has 1 aromatic heterocycles. The number of hydrogen-bond donors (Lipinski definition) is 1. The number of aromatic nitrogens is 2. The summed E-state index contributed by atoms with van der Waals surface area (Å²) in [6, 6.07) is 10.7. The van der Waals surface area contributed by atoms with Gasteiger partial charge in [0.25, 0.3) is 5.91 Å². The Morgan fingerprint density at radius 3 is 2.53 bits per heavy atom. The fourth-order valence-electron chi connectivity index (χ4n) is 3.15. The van der Waals surface area contributed by atoms with Crippen molar-refractivity contribution in [2.24, 2.45) is 0 Å². The van der Waals surface area contributed by atoms with E-state index in [1.807, 2.05) is 0 Å². The minimum Gasteiger partial charge on any atom is -0.452 e. The van der Waals surface area contributed by atoms with Crippen LogP contribution in [0.3, 0.4) is 0 Å².